The lowest BCUT2D eigenvalue weighted by atomic mass is 9.94. The summed E-state index contributed by atoms with van der Waals surface area (Å²) in [5.74, 6) is -0.147. The van der Waals surface area contributed by atoms with E-state index in [-0.39, 0.29) is 23.1 Å². The van der Waals surface area contributed by atoms with Gasteiger partial charge in [-0.05, 0) is 50.6 Å². The molecule has 2 saturated heterocycles. The van der Waals surface area contributed by atoms with Crippen LogP contribution in [0.1, 0.15) is 36.6 Å². The first-order valence-corrected chi connectivity index (χ1v) is 13.2. The molecule has 7 N–H and O–H groups in total. The lowest BCUT2D eigenvalue weighted by Gasteiger charge is -2.35. The van der Waals surface area contributed by atoms with Gasteiger partial charge in [0.2, 0.25) is 0 Å². The van der Waals surface area contributed by atoms with Crippen LogP contribution in [0.4, 0.5) is 17.6 Å². The van der Waals surface area contributed by atoms with Crippen LogP contribution in [0.15, 0.2) is 47.6 Å². The first-order chi connectivity index (χ1) is 19.1. The molecule has 2 aliphatic rings. The Labute approximate surface area is 230 Å². The van der Waals surface area contributed by atoms with Gasteiger partial charge in [0, 0.05) is 68.9 Å². The number of hydrogen-bond acceptors (Lipinski definition) is 7. The van der Waals surface area contributed by atoms with Crippen LogP contribution in [0.2, 0.25) is 0 Å². The van der Waals surface area contributed by atoms with Crippen molar-refractivity contribution in [3.63, 3.8) is 0 Å². The largest absolute Gasteiger partial charge is 0.419 e. The number of hydrogen-bond donors (Lipinski definition) is 5. The summed E-state index contributed by atoms with van der Waals surface area (Å²) in [4.78, 5) is 8.94. The molecule has 0 radical (unpaired) electrons. The summed E-state index contributed by atoms with van der Waals surface area (Å²) in [6.45, 7) is 4.52. The zero-order chi connectivity index (χ0) is 29.0. The number of piperidine rings is 1. The van der Waals surface area contributed by atoms with Gasteiger partial charge < -0.3 is 36.6 Å². The number of halogens is 4. The van der Waals surface area contributed by atoms with E-state index in [1.807, 2.05) is 9.47 Å². The lowest BCUT2D eigenvalue weighted by Crippen LogP contribution is -2.41. The number of benzene rings is 1. The standard InChI is InChI=1S/C27H35F4N9/c1-36-24(34)23(19(14-32)15-33)25(35)39-9-5-17(6-10-39)26-37-22(16-40(26)12-11-38-7-2-8-38)18-3-4-21(28)20(13-18)27(29,30)31/h3-4,13-17,32,35-36H,2,5-12,33-34H2,1H3/b19-15+,24-23-,32-14?,35-25?. The summed E-state index contributed by atoms with van der Waals surface area (Å²) in [7, 11) is 1.63. The van der Waals surface area contributed by atoms with Crippen LogP contribution < -0.4 is 16.8 Å². The molecule has 2 fully saturated rings. The first kappa shape index (κ1) is 29.1. The van der Waals surface area contributed by atoms with Crippen LogP contribution in [0.3, 0.4) is 0 Å². The molecule has 0 amide bonds. The Balaban J connectivity index is 1.58. The third-order valence-electron chi connectivity index (χ3n) is 7.56. The van der Waals surface area contributed by atoms with Crippen LogP contribution in [0, 0.1) is 16.6 Å². The molecule has 2 aromatic rings. The molecule has 4 rings (SSSR count). The van der Waals surface area contributed by atoms with Gasteiger partial charge in [-0.1, -0.05) is 0 Å². The third-order valence-corrected chi connectivity index (χ3v) is 7.56. The number of likely N-dealkylation sites (tertiary alicyclic amines) is 2. The normalized spacial score (nSPS) is 17.8. The Morgan fingerprint density at radius 2 is 1.88 bits per heavy atom. The molecule has 40 heavy (non-hydrogen) atoms. The molecule has 1 aromatic heterocycles. The van der Waals surface area contributed by atoms with Crippen LogP contribution in [0.5, 0.6) is 0 Å². The average molecular weight is 562 g/mol. The first-order valence-electron chi connectivity index (χ1n) is 13.2. The highest BCUT2D eigenvalue weighted by molar-refractivity contribution is 6.07. The second kappa shape index (κ2) is 12.1. The molecule has 13 heteroatoms. The lowest BCUT2D eigenvalue weighted by molar-refractivity contribution is -0.139. The van der Waals surface area contributed by atoms with Gasteiger partial charge >= 0.3 is 6.18 Å². The Bertz CT molecular complexity index is 1300. The molecular formula is C27H35F4N9. The molecule has 3 heterocycles. The van der Waals surface area contributed by atoms with E-state index in [2.05, 4.69) is 10.2 Å². The number of nitrogens with zero attached hydrogens (tertiary/aromatic N) is 4. The monoisotopic (exact) mass is 561 g/mol. The summed E-state index contributed by atoms with van der Waals surface area (Å²) >= 11 is 0. The van der Waals surface area contributed by atoms with Gasteiger partial charge in [-0.3, -0.25) is 5.41 Å². The van der Waals surface area contributed by atoms with Crippen molar-refractivity contribution >= 4 is 12.1 Å². The van der Waals surface area contributed by atoms with E-state index >= 15 is 0 Å². The van der Waals surface area contributed by atoms with Gasteiger partial charge in [-0.15, -0.1) is 0 Å². The van der Waals surface area contributed by atoms with Crippen molar-refractivity contribution in [3.05, 3.63) is 64.8 Å². The second-order valence-corrected chi connectivity index (χ2v) is 9.98. The minimum Gasteiger partial charge on any atom is -0.404 e. The molecule has 0 bridgehead atoms. The van der Waals surface area contributed by atoms with Crippen molar-refractivity contribution in [1.82, 2.24) is 24.7 Å². The van der Waals surface area contributed by atoms with Gasteiger partial charge in [0.25, 0.3) is 0 Å². The fourth-order valence-electron chi connectivity index (χ4n) is 5.10. The van der Waals surface area contributed by atoms with Crippen LogP contribution in [0.25, 0.3) is 11.3 Å². The maximum atomic E-state index is 13.9. The molecule has 0 atom stereocenters. The Hall–Kier alpha value is -3.87. The van der Waals surface area contributed by atoms with Crippen molar-refractivity contribution in [2.24, 2.45) is 11.5 Å². The smallest absolute Gasteiger partial charge is 0.404 e. The van der Waals surface area contributed by atoms with Crippen molar-refractivity contribution in [2.45, 2.75) is 37.9 Å². The molecule has 1 aromatic carbocycles. The van der Waals surface area contributed by atoms with Crippen LogP contribution >= 0.6 is 0 Å². The molecule has 0 aliphatic carbocycles. The molecular weight excluding hydrogens is 526 g/mol. The summed E-state index contributed by atoms with van der Waals surface area (Å²) < 4.78 is 56.0. The molecule has 2 aliphatic heterocycles. The van der Waals surface area contributed by atoms with Crippen molar-refractivity contribution in [3.8, 4) is 11.3 Å². The minimum atomic E-state index is -4.80. The highest BCUT2D eigenvalue weighted by Crippen LogP contribution is 2.36. The number of imidazole rings is 1. The van der Waals surface area contributed by atoms with Gasteiger partial charge in [0.1, 0.15) is 23.3 Å². The zero-order valence-corrected chi connectivity index (χ0v) is 22.4. The van der Waals surface area contributed by atoms with Crippen LogP contribution in [-0.4, -0.2) is 71.2 Å². The number of rotatable bonds is 9. The van der Waals surface area contributed by atoms with Crippen molar-refractivity contribution < 1.29 is 17.6 Å². The predicted molar refractivity (Wildman–Crippen MR) is 146 cm³/mol. The Kier molecular flexibility index (Phi) is 8.82. The van der Waals surface area contributed by atoms with E-state index in [4.69, 9.17) is 27.3 Å². The van der Waals surface area contributed by atoms with Gasteiger partial charge in [0.15, 0.2) is 0 Å². The van der Waals surface area contributed by atoms with E-state index in [1.165, 1.54) is 12.3 Å². The molecule has 0 saturated carbocycles. The molecule has 0 unspecified atom stereocenters. The molecule has 9 nitrogen and oxygen atoms in total. The SMILES string of the molecule is CN/C(N)=C(C(=N)N1CCC(c2nc(-c3ccc(F)c(C(F)(F)F)c3)cn2CCN2CCC2)CC1)/C(C=N)=C/N. The van der Waals surface area contributed by atoms with E-state index in [0.717, 1.165) is 50.2 Å². The van der Waals surface area contributed by atoms with E-state index in [9.17, 15) is 17.6 Å². The number of aromatic nitrogens is 2. The van der Waals surface area contributed by atoms with Gasteiger partial charge in [-0.25, -0.2) is 9.37 Å². The van der Waals surface area contributed by atoms with Crippen molar-refractivity contribution in [1.29, 1.82) is 10.8 Å². The number of nitrogens with two attached hydrogens (primary N) is 2. The second-order valence-electron chi connectivity index (χ2n) is 9.98. The van der Waals surface area contributed by atoms with E-state index in [0.29, 0.717) is 49.3 Å². The topological polar surface area (TPSA) is 136 Å². The fraction of sp³-hybridized carbons (Fsp3) is 0.444. The van der Waals surface area contributed by atoms with Gasteiger partial charge in [-0.2, -0.15) is 13.2 Å². The Morgan fingerprint density at radius 1 is 1.18 bits per heavy atom. The highest BCUT2D eigenvalue weighted by atomic mass is 19.4. The maximum Gasteiger partial charge on any atom is 0.419 e. The highest BCUT2D eigenvalue weighted by Gasteiger charge is 2.35. The number of amidine groups is 1. The molecule has 0 spiro atoms. The fourth-order valence-corrected chi connectivity index (χ4v) is 5.10. The predicted octanol–water partition coefficient (Wildman–Crippen LogP) is 3.45. The van der Waals surface area contributed by atoms with Crippen molar-refractivity contribution in [2.75, 3.05) is 39.8 Å². The third kappa shape index (κ3) is 6.14. The van der Waals surface area contributed by atoms with E-state index in [1.54, 1.807) is 13.2 Å². The average Bonchev–Trinajstić information content (AvgIpc) is 3.34. The van der Waals surface area contributed by atoms with E-state index < -0.39 is 17.6 Å². The maximum absolute atomic E-state index is 13.9. The quantitative estimate of drug-likeness (QED) is 0.138. The molecule has 216 valence electrons. The zero-order valence-electron chi connectivity index (χ0n) is 22.4. The van der Waals surface area contributed by atoms with Gasteiger partial charge in [0.05, 0.1) is 16.8 Å². The summed E-state index contributed by atoms with van der Waals surface area (Å²) in [5, 5.41) is 19.2. The van der Waals surface area contributed by atoms with Crippen LogP contribution in [-0.2, 0) is 12.7 Å². The number of nitrogens with one attached hydrogen (secondary N) is 3. The summed E-state index contributed by atoms with van der Waals surface area (Å²) in [5.41, 5.74) is 11.7. The summed E-state index contributed by atoms with van der Waals surface area (Å²) in [6, 6.07) is 2.98. The Morgan fingerprint density at radius 3 is 2.42 bits per heavy atom. The number of alkyl halides is 3. The minimum absolute atomic E-state index is 0.0121. The summed E-state index contributed by atoms with van der Waals surface area (Å²) in [6.07, 6.45) is 1.70.